The second-order valence-corrected chi connectivity index (χ2v) is 4.56. The highest BCUT2D eigenvalue weighted by atomic mass is 19.1. The largest absolute Gasteiger partial charge is 0.371 e. The molecule has 2 nitrogen and oxygen atoms in total. The highest BCUT2D eigenvalue weighted by Gasteiger charge is 2.18. The average molecular weight is 234 g/mol. The van der Waals surface area contributed by atoms with E-state index in [4.69, 9.17) is 5.73 Å². The van der Waals surface area contributed by atoms with Gasteiger partial charge in [0.05, 0.1) is 0 Å². The quantitative estimate of drug-likeness (QED) is 0.811. The molecule has 1 aliphatic carbocycles. The molecule has 2 rings (SSSR count). The van der Waals surface area contributed by atoms with Crippen LogP contribution in [0.15, 0.2) is 36.4 Å². The monoisotopic (exact) mass is 234 g/mol. The fraction of sp³-hybridized carbons (Fsp3) is 0.429. The van der Waals surface area contributed by atoms with Crippen LogP contribution in [-0.4, -0.2) is 19.1 Å². The Hall–Kier alpha value is -1.35. The lowest BCUT2D eigenvalue weighted by atomic mass is 10.1. The van der Waals surface area contributed by atoms with Crippen molar-refractivity contribution in [2.75, 3.05) is 18.0 Å². The van der Waals surface area contributed by atoms with E-state index in [-0.39, 0.29) is 11.9 Å². The van der Waals surface area contributed by atoms with Gasteiger partial charge in [0.1, 0.15) is 5.82 Å². The lowest BCUT2D eigenvalue weighted by Crippen LogP contribution is -2.29. The minimum atomic E-state index is -0.187. The van der Waals surface area contributed by atoms with Gasteiger partial charge >= 0.3 is 0 Å². The summed E-state index contributed by atoms with van der Waals surface area (Å²) in [6.07, 6.45) is 5.28. The molecular formula is C14H19FN2. The van der Waals surface area contributed by atoms with Crippen LogP contribution < -0.4 is 10.6 Å². The van der Waals surface area contributed by atoms with Crippen LogP contribution in [0.1, 0.15) is 13.3 Å². The molecule has 1 aromatic rings. The third-order valence-corrected chi connectivity index (χ3v) is 3.23. The Kier molecular flexibility index (Phi) is 3.79. The van der Waals surface area contributed by atoms with Gasteiger partial charge < -0.3 is 10.6 Å². The number of anilines is 1. The number of nitrogens with zero attached hydrogens (tertiary/aromatic N) is 1. The molecule has 1 aliphatic rings. The summed E-state index contributed by atoms with van der Waals surface area (Å²) in [5.74, 6) is 0.322. The maximum Gasteiger partial charge on any atom is 0.123 e. The second kappa shape index (κ2) is 5.32. The van der Waals surface area contributed by atoms with E-state index in [0.717, 1.165) is 25.2 Å². The Morgan fingerprint density at radius 1 is 1.29 bits per heavy atom. The third-order valence-electron chi connectivity index (χ3n) is 3.23. The van der Waals surface area contributed by atoms with Crippen molar-refractivity contribution in [1.29, 1.82) is 0 Å². The Bertz CT molecular complexity index is 386. The Morgan fingerprint density at radius 3 is 2.53 bits per heavy atom. The zero-order valence-electron chi connectivity index (χ0n) is 10.1. The maximum absolute atomic E-state index is 12.9. The van der Waals surface area contributed by atoms with Crippen molar-refractivity contribution in [1.82, 2.24) is 0 Å². The molecule has 0 saturated carbocycles. The van der Waals surface area contributed by atoms with Crippen molar-refractivity contribution >= 4 is 5.69 Å². The molecule has 0 amide bonds. The van der Waals surface area contributed by atoms with Crippen LogP contribution in [0.4, 0.5) is 10.1 Å². The lowest BCUT2D eigenvalue weighted by molar-refractivity contribution is 0.574. The summed E-state index contributed by atoms with van der Waals surface area (Å²) in [7, 11) is 0. The Labute approximate surface area is 102 Å². The van der Waals surface area contributed by atoms with Gasteiger partial charge in [-0.3, -0.25) is 0 Å². The fourth-order valence-electron chi connectivity index (χ4n) is 2.29. The van der Waals surface area contributed by atoms with Crippen molar-refractivity contribution in [2.45, 2.75) is 19.4 Å². The highest BCUT2D eigenvalue weighted by Crippen LogP contribution is 2.21. The van der Waals surface area contributed by atoms with Gasteiger partial charge in [0.2, 0.25) is 0 Å². The van der Waals surface area contributed by atoms with Gasteiger partial charge in [-0.1, -0.05) is 12.2 Å². The fourth-order valence-corrected chi connectivity index (χ4v) is 2.29. The van der Waals surface area contributed by atoms with E-state index in [1.54, 1.807) is 0 Å². The summed E-state index contributed by atoms with van der Waals surface area (Å²) in [5, 5.41) is 0. The summed E-state index contributed by atoms with van der Waals surface area (Å²) in [6.45, 7) is 3.99. The van der Waals surface area contributed by atoms with Gasteiger partial charge in [0.15, 0.2) is 0 Å². The van der Waals surface area contributed by atoms with Crippen LogP contribution in [0.2, 0.25) is 0 Å². The number of nitrogens with two attached hydrogens (primary N) is 1. The molecule has 0 aliphatic heterocycles. The van der Waals surface area contributed by atoms with Gasteiger partial charge in [0, 0.05) is 24.8 Å². The molecule has 17 heavy (non-hydrogen) atoms. The Balaban J connectivity index is 2.01. The first kappa shape index (κ1) is 12.1. The first-order chi connectivity index (χ1) is 8.19. The standard InChI is InChI=1S/C14H19FN2/c1-2-17(10-11-3-6-13(16)9-11)14-7-4-12(15)5-8-14/h3-8,11,13H,2,9-10,16H2,1H3. The van der Waals surface area contributed by atoms with Crippen LogP contribution in [0, 0.1) is 11.7 Å². The molecule has 2 atom stereocenters. The Morgan fingerprint density at radius 2 is 2.00 bits per heavy atom. The number of halogens is 1. The summed E-state index contributed by atoms with van der Waals surface area (Å²) < 4.78 is 12.9. The highest BCUT2D eigenvalue weighted by molar-refractivity contribution is 5.46. The summed E-state index contributed by atoms with van der Waals surface area (Å²) in [5.41, 5.74) is 6.92. The van der Waals surface area contributed by atoms with E-state index >= 15 is 0 Å². The predicted octanol–water partition coefficient (Wildman–Crippen LogP) is 2.56. The molecule has 0 fully saturated rings. The third kappa shape index (κ3) is 3.07. The van der Waals surface area contributed by atoms with Gasteiger partial charge in [-0.2, -0.15) is 0 Å². The van der Waals surface area contributed by atoms with Crippen molar-refractivity contribution in [3.05, 3.63) is 42.2 Å². The molecule has 0 radical (unpaired) electrons. The molecule has 0 spiro atoms. The molecule has 3 heteroatoms. The second-order valence-electron chi connectivity index (χ2n) is 4.56. The van der Waals surface area contributed by atoms with Gasteiger partial charge in [-0.05, 0) is 43.5 Å². The zero-order valence-corrected chi connectivity index (χ0v) is 10.1. The van der Waals surface area contributed by atoms with Crippen molar-refractivity contribution in [2.24, 2.45) is 11.7 Å². The number of hydrogen-bond acceptors (Lipinski definition) is 2. The smallest absolute Gasteiger partial charge is 0.123 e. The number of hydrogen-bond donors (Lipinski definition) is 1. The number of rotatable bonds is 4. The van der Waals surface area contributed by atoms with Gasteiger partial charge in [0.25, 0.3) is 0 Å². The molecule has 0 aromatic heterocycles. The molecule has 1 aromatic carbocycles. The molecule has 2 unspecified atom stereocenters. The molecule has 2 N–H and O–H groups in total. The van der Waals surface area contributed by atoms with Crippen LogP contribution in [0.25, 0.3) is 0 Å². The van der Waals surface area contributed by atoms with E-state index in [1.165, 1.54) is 12.1 Å². The van der Waals surface area contributed by atoms with E-state index in [0.29, 0.717) is 5.92 Å². The maximum atomic E-state index is 12.9. The minimum Gasteiger partial charge on any atom is -0.371 e. The van der Waals surface area contributed by atoms with Crippen LogP contribution in [0.3, 0.4) is 0 Å². The van der Waals surface area contributed by atoms with E-state index in [9.17, 15) is 4.39 Å². The van der Waals surface area contributed by atoms with Crippen molar-refractivity contribution in [3.8, 4) is 0 Å². The van der Waals surface area contributed by atoms with Gasteiger partial charge in [-0.25, -0.2) is 4.39 Å². The first-order valence-electron chi connectivity index (χ1n) is 6.13. The van der Waals surface area contributed by atoms with Crippen molar-refractivity contribution < 1.29 is 4.39 Å². The SMILES string of the molecule is CCN(CC1C=CC(N)C1)c1ccc(F)cc1. The summed E-state index contributed by atoms with van der Waals surface area (Å²) >= 11 is 0. The molecule has 0 saturated heterocycles. The minimum absolute atomic E-state index is 0.187. The van der Waals surface area contributed by atoms with Crippen LogP contribution in [0.5, 0.6) is 0 Å². The van der Waals surface area contributed by atoms with Gasteiger partial charge in [-0.15, -0.1) is 0 Å². The predicted molar refractivity (Wildman–Crippen MR) is 69.5 cm³/mol. The van der Waals surface area contributed by atoms with Crippen LogP contribution in [-0.2, 0) is 0 Å². The summed E-state index contributed by atoms with van der Waals surface area (Å²) in [6, 6.07) is 6.88. The topological polar surface area (TPSA) is 29.3 Å². The zero-order chi connectivity index (χ0) is 12.3. The number of benzene rings is 1. The van der Waals surface area contributed by atoms with Crippen molar-refractivity contribution in [3.63, 3.8) is 0 Å². The molecular weight excluding hydrogens is 215 g/mol. The molecule has 0 heterocycles. The van der Waals surface area contributed by atoms with E-state index < -0.39 is 0 Å². The molecule has 92 valence electrons. The van der Waals surface area contributed by atoms with E-state index in [2.05, 4.69) is 24.0 Å². The summed E-state index contributed by atoms with van der Waals surface area (Å²) in [4.78, 5) is 2.26. The van der Waals surface area contributed by atoms with E-state index in [1.807, 2.05) is 12.1 Å². The normalized spacial score (nSPS) is 23.0. The lowest BCUT2D eigenvalue weighted by Gasteiger charge is -2.26. The first-order valence-corrected chi connectivity index (χ1v) is 6.13. The average Bonchev–Trinajstić information content (AvgIpc) is 2.73. The molecule has 0 bridgehead atoms. The van der Waals surface area contributed by atoms with Crippen LogP contribution >= 0.6 is 0 Å².